The molecule has 34 heavy (non-hydrogen) atoms. The minimum Gasteiger partial charge on any atom is -0.507 e. The maximum atomic E-state index is 10.8. The van der Waals surface area contributed by atoms with E-state index >= 15 is 0 Å². The van der Waals surface area contributed by atoms with E-state index in [1.54, 1.807) is 24.3 Å². The molecule has 0 saturated carbocycles. The Kier molecular flexibility index (Phi) is 18.6. The molecule has 0 unspecified atom stereocenters. The first-order valence-electron chi connectivity index (χ1n) is 12.0. The molecular weight excluding hydrogens is 432 g/mol. The Balaban J connectivity index is 0.000000481. The van der Waals surface area contributed by atoms with E-state index in [-0.39, 0.29) is 22.6 Å². The summed E-state index contributed by atoms with van der Waals surface area (Å²) in [5.41, 5.74) is 4.20. The molecule has 0 fully saturated rings. The van der Waals surface area contributed by atoms with Gasteiger partial charge in [-0.1, -0.05) is 102 Å². The van der Waals surface area contributed by atoms with Gasteiger partial charge in [-0.25, -0.2) is 11.7 Å². The number of phenolic OH excluding ortho intramolecular Hbond substituents is 2. The van der Waals surface area contributed by atoms with Crippen LogP contribution in [-0.2, 0) is 0 Å². The summed E-state index contributed by atoms with van der Waals surface area (Å²) in [7, 11) is 0. The van der Waals surface area contributed by atoms with Gasteiger partial charge in [0.2, 0.25) is 0 Å². The lowest BCUT2D eigenvalue weighted by atomic mass is 10.1. The van der Waals surface area contributed by atoms with E-state index in [1.807, 2.05) is 10.9 Å². The molecule has 190 valence electrons. The van der Waals surface area contributed by atoms with Gasteiger partial charge in [0.25, 0.3) is 11.8 Å². The third kappa shape index (κ3) is 14.1. The van der Waals surface area contributed by atoms with Gasteiger partial charge in [0.15, 0.2) is 0 Å². The van der Waals surface area contributed by atoms with Crippen LogP contribution < -0.4 is 22.5 Å². The molecule has 2 rings (SSSR count). The molecule has 0 aliphatic carbocycles. The van der Waals surface area contributed by atoms with Crippen molar-refractivity contribution in [2.75, 3.05) is 0 Å². The SMILES string of the molecule is CCCCCCCCCCCC.NNC(=O)c1ccccc1O.NNC(=O)c1ccccc1O. The predicted octanol–water partition coefficient (Wildman–Crippen LogP) is 4.92. The number of nitrogens with one attached hydrogen (secondary N) is 2. The number of hydrazine groups is 2. The zero-order valence-electron chi connectivity index (χ0n) is 20.6. The summed E-state index contributed by atoms with van der Waals surface area (Å²) in [5, 5.41) is 18.2. The summed E-state index contributed by atoms with van der Waals surface area (Å²) < 4.78 is 0. The molecule has 2 amide bonds. The summed E-state index contributed by atoms with van der Waals surface area (Å²) in [6, 6.07) is 12.4. The number of nitrogen functional groups attached to an aromatic ring is 2. The molecule has 2 aromatic rings. The third-order valence-electron chi connectivity index (χ3n) is 5.02. The minimum atomic E-state index is -0.497. The molecular formula is C26H42N4O4. The Morgan fingerprint density at radius 1 is 0.618 bits per heavy atom. The summed E-state index contributed by atoms with van der Waals surface area (Å²) >= 11 is 0. The van der Waals surface area contributed by atoms with Crippen LogP contribution in [0.3, 0.4) is 0 Å². The van der Waals surface area contributed by atoms with Crippen molar-refractivity contribution in [1.29, 1.82) is 0 Å². The summed E-state index contributed by atoms with van der Waals surface area (Å²) in [5.74, 6) is 8.58. The maximum Gasteiger partial charge on any atom is 0.268 e. The van der Waals surface area contributed by atoms with Crippen molar-refractivity contribution >= 4 is 11.8 Å². The van der Waals surface area contributed by atoms with Crippen molar-refractivity contribution in [3.8, 4) is 11.5 Å². The summed E-state index contributed by atoms with van der Waals surface area (Å²) in [4.78, 5) is 21.7. The van der Waals surface area contributed by atoms with E-state index in [4.69, 9.17) is 21.9 Å². The van der Waals surface area contributed by atoms with Crippen molar-refractivity contribution in [3.05, 3.63) is 59.7 Å². The van der Waals surface area contributed by atoms with Crippen LogP contribution in [0, 0.1) is 0 Å². The van der Waals surface area contributed by atoms with Crippen LogP contribution in [0.4, 0.5) is 0 Å². The van der Waals surface area contributed by atoms with Gasteiger partial charge in [-0.05, 0) is 24.3 Å². The highest BCUT2D eigenvalue weighted by molar-refractivity contribution is 5.96. The number of amides is 2. The first-order valence-corrected chi connectivity index (χ1v) is 12.0. The smallest absolute Gasteiger partial charge is 0.268 e. The summed E-state index contributed by atoms with van der Waals surface area (Å²) in [6.45, 7) is 4.56. The molecule has 0 saturated heterocycles. The number of phenols is 2. The fourth-order valence-electron chi connectivity index (χ4n) is 3.05. The molecule has 8 heteroatoms. The normalized spacial score (nSPS) is 9.65. The Labute approximate surface area is 203 Å². The van der Waals surface area contributed by atoms with Crippen LogP contribution >= 0.6 is 0 Å². The van der Waals surface area contributed by atoms with Gasteiger partial charge in [0, 0.05) is 0 Å². The van der Waals surface area contributed by atoms with Crippen LogP contribution in [0.15, 0.2) is 48.5 Å². The van der Waals surface area contributed by atoms with Gasteiger partial charge in [0.05, 0.1) is 11.1 Å². The zero-order valence-corrected chi connectivity index (χ0v) is 20.6. The maximum absolute atomic E-state index is 10.8. The molecule has 8 N–H and O–H groups in total. The van der Waals surface area contributed by atoms with Crippen LogP contribution in [0.1, 0.15) is 98.8 Å². The lowest BCUT2D eigenvalue weighted by Crippen LogP contribution is -2.29. The van der Waals surface area contributed by atoms with Crippen LogP contribution in [0.5, 0.6) is 11.5 Å². The van der Waals surface area contributed by atoms with E-state index in [9.17, 15) is 9.59 Å². The molecule has 0 aliphatic rings. The average Bonchev–Trinajstić information content (AvgIpc) is 2.86. The fraction of sp³-hybridized carbons (Fsp3) is 0.462. The summed E-state index contributed by atoms with van der Waals surface area (Å²) in [6.07, 6.45) is 14.4. The molecule has 8 nitrogen and oxygen atoms in total. The van der Waals surface area contributed by atoms with Gasteiger partial charge in [-0.15, -0.1) is 0 Å². The zero-order chi connectivity index (χ0) is 25.6. The first-order chi connectivity index (χ1) is 16.4. The van der Waals surface area contributed by atoms with Gasteiger partial charge < -0.3 is 10.2 Å². The van der Waals surface area contributed by atoms with Crippen molar-refractivity contribution in [2.24, 2.45) is 11.7 Å². The number of aromatic hydroxyl groups is 2. The Morgan fingerprint density at radius 2 is 0.912 bits per heavy atom. The lowest BCUT2D eigenvalue weighted by Gasteiger charge is -2.00. The largest absolute Gasteiger partial charge is 0.507 e. The Morgan fingerprint density at radius 3 is 1.18 bits per heavy atom. The topological polar surface area (TPSA) is 151 Å². The number of benzene rings is 2. The highest BCUT2D eigenvalue weighted by Gasteiger charge is 2.07. The van der Waals surface area contributed by atoms with Crippen molar-refractivity contribution in [3.63, 3.8) is 0 Å². The van der Waals surface area contributed by atoms with E-state index in [2.05, 4.69) is 13.8 Å². The quantitative estimate of drug-likeness (QED) is 0.118. The van der Waals surface area contributed by atoms with Crippen LogP contribution in [0.2, 0.25) is 0 Å². The molecule has 0 aromatic heterocycles. The van der Waals surface area contributed by atoms with Crippen LogP contribution in [-0.4, -0.2) is 22.0 Å². The standard InChI is InChI=1S/C12H26.2C7H8N2O2/c1-3-5-7-9-11-12-10-8-6-4-2;2*8-9-7(11)5-3-1-2-4-6(5)10/h3-12H2,1-2H3;2*1-4,10H,8H2,(H,9,11). The van der Waals surface area contributed by atoms with Crippen molar-refractivity contribution in [1.82, 2.24) is 10.9 Å². The van der Waals surface area contributed by atoms with E-state index in [0.29, 0.717) is 0 Å². The Bertz CT molecular complexity index is 747. The number of hydrogen-bond acceptors (Lipinski definition) is 6. The second kappa shape index (κ2) is 20.5. The second-order valence-electron chi connectivity index (χ2n) is 7.81. The number of hydrogen-bond donors (Lipinski definition) is 6. The molecule has 0 atom stereocenters. The number of nitrogens with two attached hydrogens (primary N) is 2. The fourth-order valence-corrected chi connectivity index (χ4v) is 3.05. The molecule has 2 aromatic carbocycles. The van der Waals surface area contributed by atoms with E-state index in [0.717, 1.165) is 0 Å². The third-order valence-corrected chi connectivity index (χ3v) is 5.02. The number of para-hydroxylation sites is 2. The minimum absolute atomic E-state index is 0.0737. The van der Waals surface area contributed by atoms with Gasteiger partial charge >= 0.3 is 0 Å². The van der Waals surface area contributed by atoms with Gasteiger partial charge in [-0.2, -0.15) is 0 Å². The molecule has 0 radical (unpaired) electrons. The van der Waals surface area contributed by atoms with Crippen LogP contribution in [0.25, 0.3) is 0 Å². The highest BCUT2D eigenvalue weighted by atomic mass is 16.3. The highest BCUT2D eigenvalue weighted by Crippen LogP contribution is 2.15. The molecule has 0 bridgehead atoms. The lowest BCUT2D eigenvalue weighted by molar-refractivity contribution is 0.0942. The van der Waals surface area contributed by atoms with E-state index in [1.165, 1.54) is 88.5 Å². The second-order valence-corrected chi connectivity index (χ2v) is 7.81. The number of carbonyl (C=O) groups excluding carboxylic acids is 2. The first kappa shape index (κ1) is 30.9. The monoisotopic (exact) mass is 474 g/mol. The van der Waals surface area contributed by atoms with Crippen molar-refractivity contribution < 1.29 is 19.8 Å². The molecule has 0 aliphatic heterocycles. The molecule has 0 spiro atoms. The molecule has 0 heterocycles. The number of carbonyl (C=O) groups is 2. The van der Waals surface area contributed by atoms with Gasteiger partial charge in [0.1, 0.15) is 11.5 Å². The Hall–Kier alpha value is -3.10. The average molecular weight is 475 g/mol. The predicted molar refractivity (Wildman–Crippen MR) is 137 cm³/mol. The van der Waals surface area contributed by atoms with Crippen molar-refractivity contribution in [2.45, 2.75) is 78.1 Å². The number of unbranched alkanes of at least 4 members (excludes halogenated alkanes) is 9. The number of rotatable bonds is 11. The van der Waals surface area contributed by atoms with E-state index < -0.39 is 11.8 Å². The van der Waals surface area contributed by atoms with Gasteiger partial charge in [-0.3, -0.25) is 20.4 Å².